The highest BCUT2D eigenvalue weighted by Gasteiger charge is 2.35. The molecule has 2 amide bonds. The number of amides is 2. The predicted molar refractivity (Wildman–Crippen MR) is 82.1 cm³/mol. The number of primary amides is 1. The van der Waals surface area contributed by atoms with Gasteiger partial charge in [0.05, 0.1) is 5.56 Å². The second kappa shape index (κ2) is 7.64. The van der Waals surface area contributed by atoms with Crippen LogP contribution in [0.15, 0.2) is 42.5 Å². The average Bonchev–Trinajstić information content (AvgIpc) is 2.52. The second-order valence-corrected chi connectivity index (χ2v) is 5.18. The zero-order valence-corrected chi connectivity index (χ0v) is 13.3. The Balaban J connectivity index is 2.13. The lowest BCUT2D eigenvalue weighted by molar-refractivity contribution is -0.274. The first-order valence-corrected chi connectivity index (χ1v) is 7.19. The van der Waals surface area contributed by atoms with Crippen molar-refractivity contribution in [2.75, 3.05) is 5.32 Å². The number of ether oxygens (including phenoxy) is 2. The number of anilines is 1. The number of carbonyl (C=O) groups is 1. The van der Waals surface area contributed by atoms with Crippen LogP contribution in [0.2, 0.25) is 0 Å². The number of halogens is 6. The van der Waals surface area contributed by atoms with Crippen molar-refractivity contribution in [1.82, 2.24) is 0 Å². The highest BCUT2D eigenvalue weighted by Crippen LogP contribution is 2.38. The summed E-state index contributed by atoms with van der Waals surface area (Å²) >= 11 is 0. The molecule has 0 heterocycles. The molecule has 2 aromatic carbocycles. The van der Waals surface area contributed by atoms with E-state index in [2.05, 4.69) is 4.74 Å². The summed E-state index contributed by atoms with van der Waals surface area (Å²) in [7, 11) is 0. The minimum Gasteiger partial charge on any atom is -0.488 e. The molecule has 0 saturated heterocycles. The number of urea groups is 1. The third-order valence-corrected chi connectivity index (χ3v) is 3.10. The van der Waals surface area contributed by atoms with Gasteiger partial charge in [-0.05, 0) is 35.9 Å². The summed E-state index contributed by atoms with van der Waals surface area (Å²) in [6.45, 7) is -0.335. The molecule has 0 aliphatic carbocycles. The second-order valence-electron chi connectivity index (χ2n) is 5.18. The van der Waals surface area contributed by atoms with E-state index in [9.17, 15) is 31.1 Å². The Morgan fingerprint density at radius 2 is 1.63 bits per heavy atom. The molecular weight excluding hydrogens is 382 g/mol. The lowest BCUT2D eigenvalue weighted by Gasteiger charge is -2.16. The molecule has 0 atom stereocenters. The number of nitrogens with two attached hydrogens (primary N) is 1. The molecule has 0 fully saturated rings. The number of alkyl halides is 6. The van der Waals surface area contributed by atoms with Gasteiger partial charge in [-0.15, -0.1) is 13.2 Å². The van der Waals surface area contributed by atoms with Crippen molar-refractivity contribution >= 4 is 11.7 Å². The molecule has 0 aliphatic heterocycles. The topological polar surface area (TPSA) is 73.6 Å². The van der Waals surface area contributed by atoms with Crippen LogP contribution in [0.5, 0.6) is 11.5 Å². The lowest BCUT2D eigenvalue weighted by Crippen LogP contribution is -2.20. The van der Waals surface area contributed by atoms with E-state index in [0.29, 0.717) is 11.6 Å². The van der Waals surface area contributed by atoms with E-state index < -0.39 is 35.6 Å². The zero-order valence-electron chi connectivity index (χ0n) is 13.3. The zero-order chi connectivity index (χ0) is 20.2. The van der Waals surface area contributed by atoms with Crippen molar-refractivity contribution in [1.29, 1.82) is 0 Å². The van der Waals surface area contributed by atoms with Gasteiger partial charge in [0.1, 0.15) is 18.1 Å². The summed E-state index contributed by atoms with van der Waals surface area (Å²) in [5.74, 6) is -0.989. The van der Waals surface area contributed by atoms with Gasteiger partial charge in [-0.2, -0.15) is 13.2 Å². The molecule has 146 valence electrons. The SMILES string of the molecule is NC(=O)Nc1ccc(OCc2ccc(OC(F)(F)F)cc2)c(C(F)(F)F)c1. The first kappa shape index (κ1) is 20.2. The molecular formula is C16H12F6N2O3. The van der Waals surface area contributed by atoms with Crippen molar-refractivity contribution in [3.63, 3.8) is 0 Å². The monoisotopic (exact) mass is 394 g/mol. The maximum Gasteiger partial charge on any atom is 0.573 e. The number of benzene rings is 2. The molecule has 0 aliphatic rings. The normalized spacial score (nSPS) is 11.8. The van der Waals surface area contributed by atoms with Gasteiger partial charge in [-0.1, -0.05) is 12.1 Å². The summed E-state index contributed by atoms with van der Waals surface area (Å²) in [6.07, 6.45) is -9.62. The standard InChI is InChI=1S/C16H12F6N2O3/c17-15(18,19)12-7-10(24-14(23)25)3-6-13(12)26-8-9-1-4-11(5-2-9)27-16(20,21)22/h1-7H,8H2,(H3,23,24,25). The first-order chi connectivity index (χ1) is 12.4. The van der Waals surface area contributed by atoms with E-state index in [1.807, 2.05) is 5.32 Å². The summed E-state index contributed by atoms with van der Waals surface area (Å²) < 4.78 is 84.6. The van der Waals surface area contributed by atoms with Gasteiger partial charge in [0, 0.05) is 5.69 Å². The smallest absolute Gasteiger partial charge is 0.488 e. The summed E-state index contributed by atoms with van der Waals surface area (Å²) in [6, 6.07) is 6.24. The molecule has 5 nitrogen and oxygen atoms in total. The Hall–Kier alpha value is -3.11. The van der Waals surface area contributed by atoms with E-state index in [1.165, 1.54) is 12.1 Å². The maximum atomic E-state index is 13.2. The Bertz CT molecular complexity index is 803. The van der Waals surface area contributed by atoms with Gasteiger partial charge in [-0.25, -0.2) is 4.79 Å². The summed E-state index contributed by atoms with van der Waals surface area (Å²) in [5, 5.41) is 2.02. The van der Waals surface area contributed by atoms with Gasteiger partial charge in [0.2, 0.25) is 0 Å². The molecule has 2 aromatic rings. The minimum absolute atomic E-state index is 0.171. The molecule has 0 spiro atoms. The number of carbonyl (C=O) groups excluding carboxylic acids is 1. The Morgan fingerprint density at radius 1 is 1.00 bits per heavy atom. The van der Waals surface area contributed by atoms with Gasteiger partial charge in [0.25, 0.3) is 0 Å². The quantitative estimate of drug-likeness (QED) is 0.724. The summed E-state index contributed by atoms with van der Waals surface area (Å²) in [5.41, 5.74) is 3.86. The van der Waals surface area contributed by atoms with Crippen molar-refractivity contribution in [2.45, 2.75) is 19.1 Å². The molecule has 27 heavy (non-hydrogen) atoms. The molecule has 0 aromatic heterocycles. The van der Waals surface area contributed by atoms with Crippen LogP contribution in [0.25, 0.3) is 0 Å². The van der Waals surface area contributed by atoms with Gasteiger partial charge in [-0.3, -0.25) is 0 Å². The van der Waals surface area contributed by atoms with Crippen LogP contribution in [0, 0.1) is 0 Å². The fourth-order valence-corrected chi connectivity index (χ4v) is 2.05. The largest absolute Gasteiger partial charge is 0.573 e. The van der Waals surface area contributed by atoms with E-state index in [0.717, 1.165) is 24.3 Å². The third kappa shape index (κ3) is 6.28. The highest BCUT2D eigenvalue weighted by atomic mass is 19.4. The summed E-state index contributed by atoms with van der Waals surface area (Å²) in [4.78, 5) is 10.8. The van der Waals surface area contributed by atoms with Gasteiger partial charge in [0.15, 0.2) is 0 Å². The number of nitrogens with one attached hydrogen (secondary N) is 1. The average molecular weight is 394 g/mol. The molecule has 0 unspecified atom stereocenters. The minimum atomic E-state index is -4.85. The van der Waals surface area contributed by atoms with Crippen molar-refractivity contribution in [2.24, 2.45) is 5.73 Å². The lowest BCUT2D eigenvalue weighted by atomic mass is 10.1. The number of hydrogen-bond acceptors (Lipinski definition) is 3. The van der Waals surface area contributed by atoms with Crippen LogP contribution in [-0.2, 0) is 12.8 Å². The van der Waals surface area contributed by atoms with E-state index in [4.69, 9.17) is 10.5 Å². The number of hydrogen-bond donors (Lipinski definition) is 2. The van der Waals surface area contributed by atoms with E-state index in [1.54, 1.807) is 0 Å². The van der Waals surface area contributed by atoms with Crippen LogP contribution in [0.3, 0.4) is 0 Å². The van der Waals surface area contributed by atoms with Crippen LogP contribution >= 0.6 is 0 Å². The third-order valence-electron chi connectivity index (χ3n) is 3.10. The Kier molecular flexibility index (Phi) is 5.72. The fourth-order valence-electron chi connectivity index (χ4n) is 2.05. The Morgan fingerprint density at radius 3 is 2.15 bits per heavy atom. The van der Waals surface area contributed by atoms with Crippen LogP contribution in [-0.4, -0.2) is 12.4 Å². The van der Waals surface area contributed by atoms with Crippen LogP contribution in [0.1, 0.15) is 11.1 Å². The number of rotatable bonds is 5. The van der Waals surface area contributed by atoms with Crippen molar-refractivity contribution < 1.29 is 40.6 Å². The molecule has 3 N–H and O–H groups in total. The maximum absolute atomic E-state index is 13.2. The predicted octanol–water partition coefficient (Wildman–Crippen LogP) is 4.67. The molecule has 2 rings (SSSR count). The van der Waals surface area contributed by atoms with Crippen molar-refractivity contribution in [3.05, 3.63) is 53.6 Å². The van der Waals surface area contributed by atoms with Gasteiger partial charge < -0.3 is 20.5 Å². The van der Waals surface area contributed by atoms with Crippen LogP contribution < -0.4 is 20.5 Å². The van der Waals surface area contributed by atoms with Crippen LogP contribution in [0.4, 0.5) is 36.8 Å². The molecule has 0 bridgehead atoms. The highest BCUT2D eigenvalue weighted by molar-refractivity contribution is 5.88. The molecule has 0 radical (unpaired) electrons. The first-order valence-electron chi connectivity index (χ1n) is 7.19. The van der Waals surface area contributed by atoms with Crippen molar-refractivity contribution in [3.8, 4) is 11.5 Å². The van der Waals surface area contributed by atoms with Gasteiger partial charge >= 0.3 is 18.6 Å². The Labute approximate surface area is 148 Å². The fraction of sp³-hybridized carbons (Fsp3) is 0.188. The molecule has 11 heteroatoms. The van der Waals surface area contributed by atoms with E-state index in [-0.39, 0.29) is 12.3 Å². The van der Waals surface area contributed by atoms with E-state index >= 15 is 0 Å². The molecule has 0 saturated carbocycles.